The van der Waals surface area contributed by atoms with E-state index in [-0.39, 0.29) is 12.4 Å². The van der Waals surface area contributed by atoms with Crippen molar-refractivity contribution in [3.05, 3.63) is 65.2 Å². The average molecular weight is 348 g/mol. The number of para-hydroxylation sites is 1. The lowest BCUT2D eigenvalue weighted by atomic mass is 10.0. The highest BCUT2D eigenvalue weighted by atomic mass is 35.5. The molecule has 24 heavy (non-hydrogen) atoms. The van der Waals surface area contributed by atoms with Crippen molar-refractivity contribution in [2.45, 2.75) is 41.2 Å². The van der Waals surface area contributed by atoms with Gasteiger partial charge in [-0.15, -0.1) is 4.65 Å². The molecular formula is C21H30ClNO. The fraction of sp³-hybridized carbons (Fsp3) is 0.429. The van der Waals surface area contributed by atoms with E-state index in [1.54, 1.807) is 0 Å². The minimum Gasteiger partial charge on any atom is -1.00 e. The molecule has 2 aromatic carbocycles. The molecule has 2 rings (SSSR count). The van der Waals surface area contributed by atoms with Gasteiger partial charge in [0.05, 0.1) is 0 Å². The third-order valence-corrected chi connectivity index (χ3v) is 4.49. The highest BCUT2D eigenvalue weighted by Gasteiger charge is 2.31. The molecule has 1 atom stereocenters. The van der Waals surface area contributed by atoms with Crippen LogP contribution in [0.3, 0.4) is 0 Å². The molecular weight excluding hydrogens is 318 g/mol. The summed E-state index contributed by atoms with van der Waals surface area (Å²) in [4.78, 5) is 6.50. The molecule has 0 aromatic heterocycles. The molecule has 0 aliphatic heterocycles. The Hall–Kier alpha value is -1.51. The van der Waals surface area contributed by atoms with Crippen molar-refractivity contribution < 1.29 is 21.9 Å². The number of benzene rings is 2. The number of nitrogens with zero attached hydrogens (tertiary/aromatic N) is 1. The van der Waals surface area contributed by atoms with E-state index in [4.69, 9.17) is 4.84 Å². The topological polar surface area (TPSA) is 9.23 Å². The third kappa shape index (κ3) is 5.25. The average Bonchev–Trinajstić information content (AvgIpc) is 2.52. The van der Waals surface area contributed by atoms with Crippen molar-refractivity contribution in [1.29, 1.82) is 0 Å². The number of hydrogen-bond acceptors (Lipinski definition) is 1. The van der Waals surface area contributed by atoms with Crippen molar-refractivity contribution in [2.75, 3.05) is 13.1 Å². The largest absolute Gasteiger partial charge is 1.00 e. The van der Waals surface area contributed by atoms with Gasteiger partial charge in [0.2, 0.25) is 0 Å². The number of hydrogen-bond donors (Lipinski definition) is 0. The molecule has 0 aliphatic rings. The first-order chi connectivity index (χ1) is 11.0. The zero-order valence-electron chi connectivity index (χ0n) is 15.6. The molecule has 0 N–H and O–H groups in total. The number of aryl methyl sites for hydroxylation is 1. The van der Waals surface area contributed by atoms with Gasteiger partial charge in [-0.25, -0.2) is 0 Å². The predicted molar refractivity (Wildman–Crippen MR) is 97.2 cm³/mol. The summed E-state index contributed by atoms with van der Waals surface area (Å²) in [6.07, 6.45) is 0. The molecule has 0 radical (unpaired) electrons. The summed E-state index contributed by atoms with van der Waals surface area (Å²) in [6.45, 7) is 14.0. The second kappa shape index (κ2) is 9.10. The summed E-state index contributed by atoms with van der Waals surface area (Å²) in [5.41, 5.74) is 4.10. The van der Waals surface area contributed by atoms with Gasteiger partial charge in [0, 0.05) is 11.5 Å². The van der Waals surface area contributed by atoms with Crippen LogP contribution in [0.2, 0.25) is 0 Å². The van der Waals surface area contributed by atoms with Gasteiger partial charge in [-0.1, -0.05) is 50.2 Å². The van der Waals surface area contributed by atoms with Crippen LogP contribution in [-0.2, 0) is 6.54 Å². The van der Waals surface area contributed by atoms with Gasteiger partial charge in [-0.2, -0.15) is 0 Å². The van der Waals surface area contributed by atoms with Crippen molar-refractivity contribution in [3.8, 4) is 5.75 Å². The number of quaternary nitrogens is 1. The van der Waals surface area contributed by atoms with Gasteiger partial charge in [0.1, 0.15) is 19.6 Å². The zero-order chi connectivity index (χ0) is 16.9. The van der Waals surface area contributed by atoms with Crippen LogP contribution in [0.1, 0.15) is 37.5 Å². The van der Waals surface area contributed by atoms with E-state index >= 15 is 0 Å². The number of rotatable bonds is 7. The van der Waals surface area contributed by atoms with Crippen molar-refractivity contribution in [3.63, 3.8) is 0 Å². The van der Waals surface area contributed by atoms with Crippen LogP contribution in [0.4, 0.5) is 0 Å². The summed E-state index contributed by atoms with van der Waals surface area (Å²) in [5.74, 6) is 1.52. The Morgan fingerprint density at radius 3 is 2.21 bits per heavy atom. The second-order valence-corrected chi connectivity index (χ2v) is 6.87. The molecule has 132 valence electrons. The van der Waals surface area contributed by atoms with E-state index < -0.39 is 0 Å². The normalized spacial score (nSPS) is 13.2. The van der Waals surface area contributed by atoms with Gasteiger partial charge in [-0.3, -0.25) is 0 Å². The Morgan fingerprint density at radius 1 is 0.958 bits per heavy atom. The lowest BCUT2D eigenvalue weighted by Gasteiger charge is -2.36. The van der Waals surface area contributed by atoms with Crippen LogP contribution >= 0.6 is 0 Å². The molecule has 0 saturated carbocycles. The highest BCUT2D eigenvalue weighted by Crippen LogP contribution is 2.24. The standard InChI is InChI=1S/C21H30NO.ClH/c1-6-22(15-17(2)3,23-21-13-8-7-9-14-21)16-20-12-10-11-18(4)19(20)5;/h7-14,17H,6,15-16H2,1-5H3;1H/q+1;/p-1. The Kier molecular flexibility index (Phi) is 7.78. The summed E-state index contributed by atoms with van der Waals surface area (Å²) >= 11 is 0. The zero-order valence-corrected chi connectivity index (χ0v) is 16.3. The molecule has 0 spiro atoms. The van der Waals surface area contributed by atoms with E-state index in [1.165, 1.54) is 16.7 Å². The summed E-state index contributed by atoms with van der Waals surface area (Å²) in [7, 11) is 0. The fourth-order valence-electron chi connectivity index (χ4n) is 3.10. The molecule has 0 amide bonds. The van der Waals surface area contributed by atoms with Crippen molar-refractivity contribution in [2.24, 2.45) is 5.92 Å². The van der Waals surface area contributed by atoms with Gasteiger partial charge in [-0.05, 0) is 44.0 Å². The van der Waals surface area contributed by atoms with Gasteiger partial charge < -0.3 is 17.2 Å². The first-order valence-electron chi connectivity index (χ1n) is 8.61. The van der Waals surface area contributed by atoms with Gasteiger partial charge in [0.15, 0.2) is 5.75 Å². The molecule has 1 unspecified atom stereocenters. The van der Waals surface area contributed by atoms with Crippen LogP contribution < -0.4 is 17.2 Å². The lowest BCUT2D eigenvalue weighted by molar-refractivity contribution is -1.09. The van der Waals surface area contributed by atoms with Crippen LogP contribution in [-0.4, -0.2) is 17.7 Å². The Morgan fingerprint density at radius 2 is 1.62 bits per heavy atom. The van der Waals surface area contributed by atoms with E-state index in [9.17, 15) is 0 Å². The van der Waals surface area contributed by atoms with Crippen LogP contribution in [0, 0.1) is 19.8 Å². The van der Waals surface area contributed by atoms with Crippen LogP contribution in [0.15, 0.2) is 48.5 Å². The summed E-state index contributed by atoms with van der Waals surface area (Å²) in [6, 6.07) is 16.8. The molecule has 3 heteroatoms. The number of hydroxylamine groups is 3. The third-order valence-electron chi connectivity index (χ3n) is 4.49. The maximum Gasteiger partial charge on any atom is 0.190 e. The minimum atomic E-state index is 0. The van der Waals surface area contributed by atoms with E-state index in [1.807, 2.05) is 30.3 Å². The van der Waals surface area contributed by atoms with Crippen LogP contribution in [0.25, 0.3) is 0 Å². The highest BCUT2D eigenvalue weighted by molar-refractivity contribution is 5.32. The summed E-state index contributed by atoms with van der Waals surface area (Å²) in [5, 5.41) is 0. The lowest BCUT2D eigenvalue weighted by Crippen LogP contribution is -3.00. The first kappa shape index (κ1) is 20.5. The molecule has 2 nitrogen and oxygen atoms in total. The minimum absolute atomic E-state index is 0. The smallest absolute Gasteiger partial charge is 0.190 e. The monoisotopic (exact) mass is 347 g/mol. The van der Waals surface area contributed by atoms with E-state index in [2.05, 4.69) is 52.8 Å². The molecule has 0 bridgehead atoms. The molecule has 2 aromatic rings. The van der Waals surface area contributed by atoms with Gasteiger partial charge in [0.25, 0.3) is 0 Å². The Bertz CT molecular complexity index is 627. The Labute approximate surface area is 153 Å². The van der Waals surface area contributed by atoms with Gasteiger partial charge >= 0.3 is 0 Å². The van der Waals surface area contributed by atoms with Crippen LogP contribution in [0.5, 0.6) is 5.75 Å². The maximum absolute atomic E-state index is 6.50. The van der Waals surface area contributed by atoms with E-state index in [0.29, 0.717) is 10.6 Å². The summed E-state index contributed by atoms with van der Waals surface area (Å²) < 4.78 is 0.631. The first-order valence-corrected chi connectivity index (χ1v) is 8.61. The second-order valence-electron chi connectivity index (χ2n) is 6.87. The maximum atomic E-state index is 6.50. The predicted octanol–water partition coefficient (Wildman–Crippen LogP) is 2.29. The van der Waals surface area contributed by atoms with E-state index in [0.717, 1.165) is 25.4 Å². The SMILES string of the molecule is CC[N+](Cc1cccc(C)c1C)(CC(C)C)Oc1ccccc1.[Cl-]. The van der Waals surface area contributed by atoms with Crippen molar-refractivity contribution in [1.82, 2.24) is 0 Å². The Balaban J connectivity index is 0.00000288. The molecule has 0 heterocycles. The van der Waals surface area contributed by atoms with Crippen molar-refractivity contribution >= 4 is 0 Å². The quantitative estimate of drug-likeness (QED) is 0.551. The molecule has 0 saturated heterocycles. The molecule has 0 aliphatic carbocycles. The number of halogens is 1. The molecule has 0 fully saturated rings. The fourth-order valence-corrected chi connectivity index (χ4v) is 3.10.